The van der Waals surface area contributed by atoms with Crippen molar-refractivity contribution in [3.05, 3.63) is 248 Å². The van der Waals surface area contributed by atoms with Gasteiger partial charge in [0.05, 0.1) is 67.8 Å². The number of hydrogen-bond donors (Lipinski definition) is 0. The van der Waals surface area contributed by atoms with Crippen molar-refractivity contribution >= 4 is 65.4 Å². The third kappa shape index (κ3) is 6.65. The second-order valence-corrected chi connectivity index (χ2v) is 18.4. The molecule has 73 heavy (non-hydrogen) atoms. The second kappa shape index (κ2) is 16.7. The highest BCUT2D eigenvalue weighted by molar-refractivity contribution is 6.14. The van der Waals surface area contributed by atoms with Crippen molar-refractivity contribution in [3.8, 4) is 74.2 Å². The minimum absolute atomic E-state index is 0.384. The molecule has 14 rings (SSSR count). The minimum atomic E-state index is 0.384. The van der Waals surface area contributed by atoms with E-state index in [0.29, 0.717) is 33.8 Å². The molecule has 0 amide bonds. The van der Waals surface area contributed by atoms with Crippen LogP contribution < -0.4 is 0 Å². The van der Waals surface area contributed by atoms with E-state index in [1.165, 1.54) is 21.5 Å². The Morgan fingerprint density at radius 3 is 1.11 bits per heavy atom. The van der Waals surface area contributed by atoms with Crippen molar-refractivity contribution in [2.75, 3.05) is 0 Å². The van der Waals surface area contributed by atoms with Gasteiger partial charge in [-0.1, -0.05) is 146 Å². The molecular formula is C66H39N7. The zero-order valence-corrected chi connectivity index (χ0v) is 39.1. The number of fused-ring (bicyclic) bond motifs is 9. The predicted octanol–water partition coefficient (Wildman–Crippen LogP) is 16.2. The molecule has 4 heterocycles. The Balaban J connectivity index is 0.928. The molecule has 0 unspecified atom stereocenters. The zero-order valence-electron chi connectivity index (χ0n) is 39.1. The van der Waals surface area contributed by atoms with Gasteiger partial charge in [-0.25, -0.2) is 9.97 Å². The molecule has 0 N–H and O–H groups in total. The van der Waals surface area contributed by atoms with Gasteiger partial charge in [-0.3, -0.25) is 0 Å². The molecule has 7 nitrogen and oxygen atoms in total. The van der Waals surface area contributed by atoms with Gasteiger partial charge in [0, 0.05) is 71.6 Å². The lowest BCUT2D eigenvalue weighted by atomic mass is 9.92. The van der Waals surface area contributed by atoms with E-state index in [9.17, 15) is 10.5 Å². The van der Waals surface area contributed by atoms with E-state index in [0.717, 1.165) is 83.3 Å². The highest BCUT2D eigenvalue weighted by Gasteiger charge is 2.21. The first-order valence-electron chi connectivity index (χ1n) is 24.3. The number of nitrogens with zero attached hydrogens (tertiary/aromatic N) is 7. The van der Waals surface area contributed by atoms with Crippen molar-refractivity contribution in [1.29, 1.82) is 10.5 Å². The molecule has 0 aliphatic heterocycles. The lowest BCUT2D eigenvalue weighted by Gasteiger charge is -2.14. The van der Waals surface area contributed by atoms with Crippen LogP contribution in [-0.2, 0) is 0 Å². The molecule has 0 aliphatic carbocycles. The summed E-state index contributed by atoms with van der Waals surface area (Å²) in [5, 5.41) is 28.7. The molecule has 0 atom stereocenters. The summed E-state index contributed by atoms with van der Waals surface area (Å²) in [6, 6.07) is 86.6. The Hall–Kier alpha value is -10.3. The monoisotopic (exact) mass is 929 g/mol. The second-order valence-electron chi connectivity index (χ2n) is 18.4. The van der Waals surface area contributed by atoms with Crippen LogP contribution in [0.25, 0.3) is 128 Å². The van der Waals surface area contributed by atoms with E-state index >= 15 is 0 Å². The quantitative estimate of drug-likeness (QED) is 0.159. The van der Waals surface area contributed by atoms with Gasteiger partial charge in [0.1, 0.15) is 0 Å². The molecule has 7 heteroatoms. The van der Waals surface area contributed by atoms with Gasteiger partial charge in [0.2, 0.25) is 0 Å². The molecule has 0 saturated carbocycles. The molecule has 0 spiro atoms. The predicted molar refractivity (Wildman–Crippen MR) is 296 cm³/mol. The fraction of sp³-hybridized carbons (Fsp3) is 0. The van der Waals surface area contributed by atoms with E-state index in [2.05, 4.69) is 171 Å². The fourth-order valence-corrected chi connectivity index (χ4v) is 11.1. The van der Waals surface area contributed by atoms with Gasteiger partial charge in [0.15, 0.2) is 5.82 Å². The van der Waals surface area contributed by atoms with E-state index in [-0.39, 0.29) is 0 Å². The van der Waals surface area contributed by atoms with Crippen LogP contribution in [0.3, 0.4) is 0 Å². The molecular weight excluding hydrogens is 891 g/mol. The smallest absolute Gasteiger partial charge is 0.160 e. The van der Waals surface area contributed by atoms with Crippen LogP contribution in [0, 0.1) is 22.7 Å². The Morgan fingerprint density at radius 1 is 0.288 bits per heavy atom. The maximum atomic E-state index is 10.8. The molecule has 4 aromatic heterocycles. The maximum Gasteiger partial charge on any atom is 0.160 e. The number of rotatable bonds is 7. The summed E-state index contributed by atoms with van der Waals surface area (Å²) >= 11 is 0. The molecule has 0 radical (unpaired) electrons. The van der Waals surface area contributed by atoms with Gasteiger partial charge >= 0.3 is 0 Å². The first kappa shape index (κ1) is 41.6. The van der Waals surface area contributed by atoms with Crippen molar-refractivity contribution in [2.45, 2.75) is 0 Å². The van der Waals surface area contributed by atoms with Crippen molar-refractivity contribution in [2.24, 2.45) is 0 Å². The van der Waals surface area contributed by atoms with Crippen molar-refractivity contribution in [3.63, 3.8) is 0 Å². The largest absolute Gasteiger partial charge is 0.309 e. The van der Waals surface area contributed by atoms with Gasteiger partial charge in [-0.2, -0.15) is 10.5 Å². The number of aromatic nitrogens is 5. The molecule has 338 valence electrons. The Kier molecular flexibility index (Phi) is 9.50. The van der Waals surface area contributed by atoms with E-state index in [1.807, 2.05) is 91.0 Å². The van der Waals surface area contributed by atoms with E-state index < -0.39 is 0 Å². The summed E-state index contributed by atoms with van der Waals surface area (Å²) in [6.45, 7) is 0. The molecule has 14 aromatic rings. The van der Waals surface area contributed by atoms with Crippen LogP contribution in [-0.4, -0.2) is 23.7 Å². The van der Waals surface area contributed by atoms with Gasteiger partial charge in [-0.15, -0.1) is 0 Å². The van der Waals surface area contributed by atoms with Gasteiger partial charge < -0.3 is 13.7 Å². The topological polar surface area (TPSA) is 88.2 Å². The zero-order chi connectivity index (χ0) is 48.6. The summed E-state index contributed by atoms with van der Waals surface area (Å²) in [6.07, 6.45) is 0. The van der Waals surface area contributed by atoms with Crippen molar-refractivity contribution < 1.29 is 0 Å². The van der Waals surface area contributed by atoms with Crippen LogP contribution in [0.5, 0.6) is 0 Å². The summed E-state index contributed by atoms with van der Waals surface area (Å²) in [4.78, 5) is 9.95. The molecule has 0 saturated heterocycles. The molecule has 10 aromatic carbocycles. The lowest BCUT2D eigenvalue weighted by molar-refractivity contribution is 1.16. The summed E-state index contributed by atoms with van der Waals surface area (Å²) < 4.78 is 7.07. The van der Waals surface area contributed by atoms with Crippen LogP contribution in [0.4, 0.5) is 0 Å². The number of nitriles is 2. The first-order valence-corrected chi connectivity index (χ1v) is 24.3. The minimum Gasteiger partial charge on any atom is -0.309 e. The Bertz CT molecular complexity index is 4250. The fourth-order valence-electron chi connectivity index (χ4n) is 11.1. The van der Waals surface area contributed by atoms with Crippen LogP contribution in [0.15, 0.2) is 237 Å². The average Bonchev–Trinajstić information content (AvgIpc) is 4.10. The molecule has 0 aliphatic rings. The van der Waals surface area contributed by atoms with Crippen LogP contribution >= 0.6 is 0 Å². The highest BCUT2D eigenvalue weighted by atomic mass is 15.0. The van der Waals surface area contributed by atoms with Gasteiger partial charge in [-0.05, 0) is 96.6 Å². The van der Waals surface area contributed by atoms with Crippen LogP contribution in [0.2, 0.25) is 0 Å². The Morgan fingerprint density at radius 2 is 0.658 bits per heavy atom. The highest BCUT2D eigenvalue weighted by Crippen LogP contribution is 2.41. The number of para-hydroxylation sites is 4. The first-order chi connectivity index (χ1) is 36.1. The SMILES string of the molecule is N#Cc1cc(-c2cc(-c3ccccc3)nc(-c3ccccc3)n2)cc(C#N)c1-c1ccc(-n2c3ccc(-n4c5ccccc5c5ccccc54)cc3c3cc(-n4c5ccccc5c5ccccc54)ccc32)cc1. The number of benzene rings is 10. The van der Waals surface area contributed by atoms with E-state index in [4.69, 9.17) is 9.97 Å². The average molecular weight is 930 g/mol. The maximum absolute atomic E-state index is 10.8. The normalized spacial score (nSPS) is 11.5. The molecule has 0 bridgehead atoms. The Labute approximate surface area is 419 Å². The summed E-state index contributed by atoms with van der Waals surface area (Å²) in [5.74, 6) is 0.560. The van der Waals surface area contributed by atoms with Crippen molar-refractivity contribution in [1.82, 2.24) is 23.7 Å². The lowest BCUT2D eigenvalue weighted by Crippen LogP contribution is -1.98. The summed E-state index contributed by atoms with van der Waals surface area (Å²) in [5.41, 5.74) is 15.8. The molecule has 0 fully saturated rings. The number of hydrogen-bond acceptors (Lipinski definition) is 4. The standard InChI is InChI=1S/C66H39N7/c67-40-46-35-45(58-39-57(42-15-3-1-4-16-42)69-66(70-58)44-17-5-2-6-18-44)36-47(41-68)65(46)43-27-29-48(30-28-43)71-63-33-31-49(72-59-23-11-7-19-51(59)52-20-8-12-24-60(52)72)37-55(63)56-38-50(32-34-64(56)71)73-61-25-13-9-21-53(61)54-22-10-14-26-62(54)73/h1-39H. The van der Waals surface area contributed by atoms with Gasteiger partial charge in [0.25, 0.3) is 0 Å². The van der Waals surface area contributed by atoms with E-state index in [1.54, 1.807) is 0 Å². The third-order valence-corrected chi connectivity index (χ3v) is 14.3. The van der Waals surface area contributed by atoms with Crippen LogP contribution in [0.1, 0.15) is 11.1 Å². The summed E-state index contributed by atoms with van der Waals surface area (Å²) in [7, 11) is 0. The third-order valence-electron chi connectivity index (χ3n) is 14.3.